The van der Waals surface area contributed by atoms with Crippen LogP contribution in [-0.4, -0.2) is 61.5 Å². The van der Waals surface area contributed by atoms with E-state index in [0.717, 1.165) is 0 Å². The van der Waals surface area contributed by atoms with Crippen molar-refractivity contribution in [3.63, 3.8) is 0 Å². The lowest BCUT2D eigenvalue weighted by atomic mass is 9.98. The summed E-state index contributed by atoms with van der Waals surface area (Å²) in [4.78, 5) is 27.5. The first-order valence-electron chi connectivity index (χ1n) is 10.0. The highest BCUT2D eigenvalue weighted by molar-refractivity contribution is 5.97. The fraction of sp³-hybridized carbons (Fsp3) is 0.619. The number of benzene rings is 1. The number of nitrogens with zero attached hydrogens (tertiary/aromatic N) is 1. The van der Waals surface area contributed by atoms with E-state index in [1.165, 1.54) is 0 Å². The van der Waals surface area contributed by atoms with Gasteiger partial charge in [0.15, 0.2) is 5.79 Å². The summed E-state index contributed by atoms with van der Waals surface area (Å²) in [7, 11) is 0. The van der Waals surface area contributed by atoms with Gasteiger partial charge in [-0.2, -0.15) is 0 Å². The molecule has 0 aromatic heterocycles. The quantitative estimate of drug-likeness (QED) is 0.806. The van der Waals surface area contributed by atoms with Crippen molar-refractivity contribution >= 4 is 11.8 Å². The minimum atomic E-state index is -0.571. The number of carbonyl (C=O) groups excluding carboxylic acids is 2. The van der Waals surface area contributed by atoms with Crippen molar-refractivity contribution in [1.29, 1.82) is 0 Å². The Morgan fingerprint density at radius 3 is 2.29 bits per heavy atom. The molecule has 2 saturated heterocycles. The van der Waals surface area contributed by atoms with Gasteiger partial charge in [-0.05, 0) is 37.1 Å². The van der Waals surface area contributed by atoms with E-state index in [0.29, 0.717) is 57.1 Å². The van der Waals surface area contributed by atoms with Crippen molar-refractivity contribution in [2.75, 3.05) is 32.9 Å². The molecule has 2 aliphatic heterocycles. The van der Waals surface area contributed by atoms with Crippen molar-refractivity contribution in [2.45, 2.75) is 45.4 Å². The van der Waals surface area contributed by atoms with Gasteiger partial charge in [-0.3, -0.25) is 9.59 Å². The Labute approximate surface area is 166 Å². The van der Waals surface area contributed by atoms with E-state index in [9.17, 15) is 9.59 Å². The van der Waals surface area contributed by atoms with Crippen LogP contribution in [0.4, 0.5) is 0 Å². The normalized spacial score (nSPS) is 19.6. The minimum absolute atomic E-state index is 0.0194. The fourth-order valence-corrected chi connectivity index (χ4v) is 3.66. The number of ether oxygens (including phenoxy) is 3. The van der Waals surface area contributed by atoms with Gasteiger partial charge < -0.3 is 24.4 Å². The van der Waals surface area contributed by atoms with Crippen LogP contribution < -0.4 is 10.1 Å². The summed E-state index contributed by atoms with van der Waals surface area (Å²) >= 11 is 0. The fourth-order valence-electron chi connectivity index (χ4n) is 3.66. The summed E-state index contributed by atoms with van der Waals surface area (Å²) in [5, 5.41) is 2.91. The van der Waals surface area contributed by atoms with Gasteiger partial charge in [-0.1, -0.05) is 13.8 Å². The number of rotatable bonds is 6. The van der Waals surface area contributed by atoms with Gasteiger partial charge in [-0.15, -0.1) is 0 Å². The maximum atomic E-state index is 13.1. The van der Waals surface area contributed by atoms with Crippen LogP contribution in [-0.2, 0) is 14.3 Å². The molecule has 2 heterocycles. The monoisotopic (exact) mass is 390 g/mol. The van der Waals surface area contributed by atoms with Crippen LogP contribution in [0.3, 0.4) is 0 Å². The Bertz CT molecular complexity index is 673. The Balaban J connectivity index is 1.61. The Kier molecular flexibility index (Phi) is 6.57. The first kappa shape index (κ1) is 20.6. The molecule has 1 aromatic carbocycles. The number of piperidine rings is 1. The molecule has 7 nitrogen and oxygen atoms in total. The second-order valence-corrected chi connectivity index (χ2v) is 7.59. The summed E-state index contributed by atoms with van der Waals surface area (Å²) in [6, 6.07) is 6.37. The number of likely N-dealkylation sites (tertiary alicyclic amines) is 1. The molecule has 0 saturated carbocycles. The lowest BCUT2D eigenvalue weighted by Crippen LogP contribution is -2.55. The van der Waals surface area contributed by atoms with Crippen LogP contribution in [0.5, 0.6) is 5.75 Å². The molecule has 28 heavy (non-hydrogen) atoms. The zero-order valence-corrected chi connectivity index (χ0v) is 16.9. The van der Waals surface area contributed by atoms with Gasteiger partial charge in [0.25, 0.3) is 5.91 Å². The summed E-state index contributed by atoms with van der Waals surface area (Å²) in [6.45, 7) is 8.73. The Morgan fingerprint density at radius 2 is 1.75 bits per heavy atom. The van der Waals surface area contributed by atoms with Gasteiger partial charge in [0, 0.05) is 31.5 Å². The number of amides is 2. The molecular weight excluding hydrogens is 360 g/mol. The van der Waals surface area contributed by atoms with Gasteiger partial charge in [-0.25, -0.2) is 0 Å². The predicted octanol–water partition coefficient (Wildman–Crippen LogP) is 2.21. The summed E-state index contributed by atoms with van der Waals surface area (Å²) in [5.74, 6) is -0.133. The average Bonchev–Trinajstić information content (AvgIpc) is 3.14. The molecule has 1 unspecified atom stereocenters. The molecule has 2 aliphatic rings. The highest BCUT2D eigenvalue weighted by Gasteiger charge is 2.42. The van der Waals surface area contributed by atoms with Crippen LogP contribution in [0, 0.1) is 5.92 Å². The molecule has 2 amide bonds. The standard InChI is InChI=1S/C21H30N2O5/c1-4-26-17-7-5-16(6-8-17)19(24)22-18(15(2)3)20(25)23-11-9-21(10-12-23)27-13-14-28-21/h5-8,15,18H,4,9-14H2,1-3H3,(H,22,24). The third-order valence-corrected chi connectivity index (χ3v) is 5.30. The lowest BCUT2D eigenvalue weighted by molar-refractivity contribution is -0.188. The number of nitrogens with one attached hydrogen (secondary N) is 1. The molecule has 2 fully saturated rings. The van der Waals surface area contributed by atoms with Crippen LogP contribution in [0.15, 0.2) is 24.3 Å². The average molecular weight is 390 g/mol. The third-order valence-electron chi connectivity index (χ3n) is 5.30. The maximum absolute atomic E-state index is 13.1. The molecule has 3 rings (SSSR count). The van der Waals surface area contributed by atoms with Gasteiger partial charge in [0.05, 0.1) is 19.8 Å². The van der Waals surface area contributed by atoms with Crippen LogP contribution in [0.1, 0.15) is 44.0 Å². The molecule has 7 heteroatoms. The maximum Gasteiger partial charge on any atom is 0.251 e. The van der Waals surface area contributed by atoms with Crippen molar-refractivity contribution in [3.05, 3.63) is 29.8 Å². The summed E-state index contributed by atoms with van der Waals surface area (Å²) < 4.78 is 16.9. The SMILES string of the molecule is CCOc1ccc(C(=O)NC(C(=O)N2CCC3(CC2)OCCO3)C(C)C)cc1. The van der Waals surface area contributed by atoms with Gasteiger partial charge in [0.1, 0.15) is 11.8 Å². The first-order valence-corrected chi connectivity index (χ1v) is 10.0. The van der Waals surface area contributed by atoms with Crippen LogP contribution in [0.25, 0.3) is 0 Å². The molecule has 1 atom stereocenters. The van der Waals surface area contributed by atoms with Crippen molar-refractivity contribution in [2.24, 2.45) is 5.92 Å². The van der Waals surface area contributed by atoms with E-state index in [-0.39, 0.29) is 17.7 Å². The molecular formula is C21H30N2O5. The smallest absolute Gasteiger partial charge is 0.251 e. The minimum Gasteiger partial charge on any atom is -0.494 e. The van der Waals surface area contributed by atoms with Gasteiger partial charge >= 0.3 is 0 Å². The molecule has 0 radical (unpaired) electrons. The zero-order valence-electron chi connectivity index (χ0n) is 16.9. The highest BCUT2D eigenvalue weighted by Crippen LogP contribution is 2.31. The largest absolute Gasteiger partial charge is 0.494 e. The van der Waals surface area contributed by atoms with Crippen LogP contribution >= 0.6 is 0 Å². The zero-order chi connectivity index (χ0) is 20.1. The molecule has 1 spiro atoms. The Morgan fingerprint density at radius 1 is 1.14 bits per heavy atom. The molecule has 0 aliphatic carbocycles. The van der Waals surface area contributed by atoms with Crippen molar-refractivity contribution in [3.8, 4) is 5.75 Å². The molecule has 0 bridgehead atoms. The number of carbonyl (C=O) groups is 2. The lowest BCUT2D eigenvalue weighted by Gasteiger charge is -2.39. The summed E-state index contributed by atoms with van der Waals surface area (Å²) in [6.07, 6.45) is 1.33. The molecule has 1 aromatic rings. The highest BCUT2D eigenvalue weighted by atomic mass is 16.7. The first-order chi connectivity index (χ1) is 13.4. The van der Waals surface area contributed by atoms with E-state index in [2.05, 4.69) is 5.32 Å². The Hall–Kier alpha value is -2.12. The topological polar surface area (TPSA) is 77.1 Å². The van der Waals surface area contributed by atoms with E-state index in [1.54, 1.807) is 29.2 Å². The second kappa shape index (κ2) is 8.92. The third kappa shape index (κ3) is 4.64. The van der Waals surface area contributed by atoms with Crippen molar-refractivity contribution in [1.82, 2.24) is 10.2 Å². The van der Waals surface area contributed by atoms with E-state index >= 15 is 0 Å². The van der Waals surface area contributed by atoms with E-state index in [4.69, 9.17) is 14.2 Å². The van der Waals surface area contributed by atoms with Crippen molar-refractivity contribution < 1.29 is 23.8 Å². The summed E-state index contributed by atoms with van der Waals surface area (Å²) in [5.41, 5.74) is 0.507. The second-order valence-electron chi connectivity index (χ2n) is 7.59. The van der Waals surface area contributed by atoms with E-state index in [1.807, 2.05) is 20.8 Å². The number of hydrogen-bond donors (Lipinski definition) is 1. The molecule has 1 N–H and O–H groups in total. The number of hydrogen-bond acceptors (Lipinski definition) is 5. The van der Waals surface area contributed by atoms with Crippen LogP contribution in [0.2, 0.25) is 0 Å². The van der Waals surface area contributed by atoms with Gasteiger partial charge in [0.2, 0.25) is 5.91 Å². The molecule has 154 valence electrons. The van der Waals surface area contributed by atoms with E-state index < -0.39 is 11.8 Å². The predicted molar refractivity (Wildman–Crippen MR) is 104 cm³/mol.